The van der Waals surface area contributed by atoms with Gasteiger partial charge in [-0.25, -0.2) is 4.79 Å². The number of carboxylic acid groups (broad SMARTS) is 1. The number of anilines is 1. The second-order valence-corrected chi connectivity index (χ2v) is 5.25. The molecule has 6 nitrogen and oxygen atoms in total. The van der Waals surface area contributed by atoms with Crippen LogP contribution >= 0.6 is 0 Å². The van der Waals surface area contributed by atoms with E-state index < -0.39 is 18.1 Å². The number of fused-ring (bicyclic) bond motifs is 1. The van der Waals surface area contributed by atoms with Gasteiger partial charge in [0.05, 0.1) is 6.10 Å². The molecule has 1 unspecified atom stereocenters. The fraction of sp³-hybridized carbons (Fsp3) is 0.429. The minimum atomic E-state index is -1.07. The summed E-state index contributed by atoms with van der Waals surface area (Å²) in [6.07, 6.45) is 0.251. The molecule has 0 saturated carbocycles. The maximum Gasteiger partial charge on any atom is 0.326 e. The number of carbonyl (C=O) groups excluding carboxylic acids is 1. The molecule has 1 fully saturated rings. The summed E-state index contributed by atoms with van der Waals surface area (Å²) in [5.41, 5.74) is 2.55. The first-order valence-electron chi connectivity index (χ1n) is 6.65. The van der Waals surface area contributed by atoms with Crippen molar-refractivity contribution in [2.45, 2.75) is 25.0 Å². The predicted molar refractivity (Wildman–Crippen MR) is 71.7 cm³/mol. The largest absolute Gasteiger partial charge is 0.480 e. The zero-order valence-corrected chi connectivity index (χ0v) is 10.9. The van der Waals surface area contributed by atoms with Gasteiger partial charge in [-0.2, -0.15) is 0 Å². The van der Waals surface area contributed by atoms with E-state index in [-0.39, 0.29) is 18.9 Å². The molecule has 0 spiro atoms. The molecule has 6 heteroatoms. The van der Waals surface area contributed by atoms with Gasteiger partial charge < -0.3 is 20.4 Å². The van der Waals surface area contributed by atoms with Crippen molar-refractivity contribution in [3.8, 4) is 0 Å². The van der Waals surface area contributed by atoms with Gasteiger partial charge in [0.1, 0.15) is 6.04 Å². The first kappa shape index (κ1) is 12.9. The van der Waals surface area contributed by atoms with Crippen LogP contribution in [-0.2, 0) is 11.2 Å². The van der Waals surface area contributed by atoms with E-state index in [0.717, 1.165) is 24.2 Å². The van der Waals surface area contributed by atoms with E-state index in [1.54, 1.807) is 12.1 Å². The summed E-state index contributed by atoms with van der Waals surface area (Å²) in [5, 5.41) is 21.9. The standard InChI is InChI=1S/C14H16N2O4/c17-10-6-12(14(19)20)16(7-10)13(18)9-2-1-8-3-4-15-11(8)5-9/h1-2,5,10,12,15,17H,3-4,6-7H2,(H,19,20)/t10?,12-/m0/s1. The average molecular weight is 276 g/mol. The van der Waals surface area contributed by atoms with Crippen LogP contribution in [0.15, 0.2) is 18.2 Å². The van der Waals surface area contributed by atoms with E-state index in [9.17, 15) is 14.7 Å². The minimum Gasteiger partial charge on any atom is -0.480 e. The maximum absolute atomic E-state index is 12.4. The van der Waals surface area contributed by atoms with Gasteiger partial charge in [-0.15, -0.1) is 0 Å². The zero-order valence-electron chi connectivity index (χ0n) is 10.9. The van der Waals surface area contributed by atoms with Crippen LogP contribution in [0.4, 0.5) is 5.69 Å². The summed E-state index contributed by atoms with van der Waals surface area (Å²) in [6, 6.07) is 4.43. The number of carboxylic acids is 1. The van der Waals surface area contributed by atoms with Crippen molar-refractivity contribution in [1.82, 2.24) is 4.90 Å². The molecule has 1 aromatic carbocycles. The van der Waals surface area contributed by atoms with Crippen molar-refractivity contribution in [3.63, 3.8) is 0 Å². The lowest BCUT2D eigenvalue weighted by atomic mass is 10.1. The molecular weight excluding hydrogens is 260 g/mol. The third kappa shape index (κ3) is 2.12. The Morgan fingerprint density at radius 2 is 2.15 bits per heavy atom. The number of rotatable bonds is 2. The summed E-state index contributed by atoms with van der Waals surface area (Å²) in [5.74, 6) is -1.42. The molecule has 106 valence electrons. The number of aliphatic hydroxyl groups is 1. The van der Waals surface area contributed by atoms with Crippen LogP contribution in [0.25, 0.3) is 0 Å². The first-order valence-corrected chi connectivity index (χ1v) is 6.65. The SMILES string of the molecule is O=C(O)[C@@H]1CC(O)CN1C(=O)c1ccc2c(c1)NCC2. The number of nitrogens with zero attached hydrogens (tertiary/aromatic N) is 1. The van der Waals surface area contributed by atoms with Gasteiger partial charge in [-0.1, -0.05) is 6.07 Å². The lowest BCUT2D eigenvalue weighted by Crippen LogP contribution is -2.40. The third-order valence-corrected chi connectivity index (χ3v) is 3.89. The smallest absolute Gasteiger partial charge is 0.326 e. The van der Waals surface area contributed by atoms with Crippen LogP contribution in [0, 0.1) is 0 Å². The molecule has 2 atom stereocenters. The van der Waals surface area contributed by atoms with Crippen molar-refractivity contribution in [2.75, 3.05) is 18.4 Å². The van der Waals surface area contributed by atoms with E-state index in [2.05, 4.69) is 5.32 Å². The third-order valence-electron chi connectivity index (χ3n) is 3.89. The molecule has 2 aliphatic rings. The average Bonchev–Trinajstić information content (AvgIpc) is 3.02. The monoisotopic (exact) mass is 276 g/mol. The molecule has 1 saturated heterocycles. The molecule has 3 rings (SSSR count). The topological polar surface area (TPSA) is 89.9 Å². The number of β-amino-alcohol motifs (C(OH)–C–C–N with tert-alkyl or cyclic N) is 1. The summed E-state index contributed by atoms with van der Waals surface area (Å²) >= 11 is 0. The van der Waals surface area contributed by atoms with Crippen LogP contribution in [0.3, 0.4) is 0 Å². The van der Waals surface area contributed by atoms with Gasteiger partial charge in [0.15, 0.2) is 0 Å². The number of hydrogen-bond acceptors (Lipinski definition) is 4. The van der Waals surface area contributed by atoms with Gasteiger partial charge in [0.25, 0.3) is 5.91 Å². The van der Waals surface area contributed by atoms with Crippen LogP contribution < -0.4 is 5.32 Å². The Morgan fingerprint density at radius 1 is 1.35 bits per heavy atom. The molecule has 2 heterocycles. The van der Waals surface area contributed by atoms with Crippen molar-refractivity contribution in [3.05, 3.63) is 29.3 Å². The van der Waals surface area contributed by atoms with Crippen LogP contribution in [-0.4, -0.2) is 52.2 Å². The Bertz CT molecular complexity index is 572. The number of benzene rings is 1. The van der Waals surface area contributed by atoms with E-state index in [1.165, 1.54) is 4.90 Å². The molecule has 20 heavy (non-hydrogen) atoms. The van der Waals surface area contributed by atoms with Crippen LogP contribution in [0.1, 0.15) is 22.3 Å². The minimum absolute atomic E-state index is 0.0698. The van der Waals surface area contributed by atoms with E-state index >= 15 is 0 Å². The van der Waals surface area contributed by atoms with E-state index in [4.69, 9.17) is 5.11 Å². The summed E-state index contributed by atoms with van der Waals surface area (Å²) in [6.45, 7) is 0.924. The molecule has 0 bridgehead atoms. The quantitative estimate of drug-likeness (QED) is 0.723. The first-order chi connectivity index (χ1) is 9.56. The summed E-state index contributed by atoms with van der Waals surface area (Å²) in [4.78, 5) is 24.8. The lowest BCUT2D eigenvalue weighted by Gasteiger charge is -2.21. The highest BCUT2D eigenvalue weighted by molar-refractivity contribution is 5.98. The number of amides is 1. The molecule has 3 N–H and O–H groups in total. The highest BCUT2D eigenvalue weighted by Gasteiger charge is 2.39. The number of aliphatic hydroxyl groups excluding tert-OH is 1. The van der Waals surface area contributed by atoms with E-state index in [0.29, 0.717) is 5.56 Å². The number of aliphatic carboxylic acids is 1. The number of likely N-dealkylation sites (tertiary alicyclic amines) is 1. The molecule has 0 aromatic heterocycles. The highest BCUT2D eigenvalue weighted by Crippen LogP contribution is 2.26. The Labute approximate surface area is 116 Å². The number of hydrogen-bond donors (Lipinski definition) is 3. The lowest BCUT2D eigenvalue weighted by molar-refractivity contribution is -0.141. The Hall–Kier alpha value is -2.08. The fourth-order valence-electron chi connectivity index (χ4n) is 2.86. The Morgan fingerprint density at radius 3 is 2.90 bits per heavy atom. The number of nitrogens with one attached hydrogen (secondary N) is 1. The van der Waals surface area contributed by atoms with Crippen molar-refractivity contribution in [2.24, 2.45) is 0 Å². The molecule has 1 amide bonds. The maximum atomic E-state index is 12.4. The molecular formula is C14H16N2O4. The van der Waals surface area contributed by atoms with Crippen molar-refractivity contribution < 1.29 is 19.8 Å². The van der Waals surface area contributed by atoms with Crippen molar-refractivity contribution >= 4 is 17.6 Å². The van der Waals surface area contributed by atoms with E-state index in [1.807, 2.05) is 6.07 Å². The predicted octanol–water partition coefficient (Wildman–Crippen LogP) is 0.315. The Balaban J connectivity index is 1.86. The summed E-state index contributed by atoms with van der Waals surface area (Å²) < 4.78 is 0. The molecule has 1 aromatic rings. The molecule has 0 radical (unpaired) electrons. The highest BCUT2D eigenvalue weighted by atomic mass is 16.4. The normalized spacial score (nSPS) is 24.4. The van der Waals surface area contributed by atoms with Gasteiger partial charge in [-0.05, 0) is 24.1 Å². The van der Waals surface area contributed by atoms with Gasteiger partial charge in [0, 0.05) is 30.8 Å². The van der Waals surface area contributed by atoms with Crippen LogP contribution in [0.5, 0.6) is 0 Å². The fourth-order valence-corrected chi connectivity index (χ4v) is 2.86. The zero-order chi connectivity index (χ0) is 14.3. The summed E-state index contributed by atoms with van der Waals surface area (Å²) in [7, 11) is 0. The Kier molecular flexibility index (Phi) is 3.10. The van der Waals surface area contributed by atoms with Gasteiger partial charge in [0.2, 0.25) is 0 Å². The van der Waals surface area contributed by atoms with Crippen LogP contribution in [0.2, 0.25) is 0 Å². The number of carbonyl (C=O) groups is 2. The second kappa shape index (κ2) is 4.79. The molecule has 2 aliphatic heterocycles. The second-order valence-electron chi connectivity index (χ2n) is 5.25. The van der Waals surface area contributed by atoms with Gasteiger partial charge in [-0.3, -0.25) is 4.79 Å². The molecule has 0 aliphatic carbocycles. The van der Waals surface area contributed by atoms with Gasteiger partial charge >= 0.3 is 5.97 Å². The van der Waals surface area contributed by atoms with Crippen molar-refractivity contribution in [1.29, 1.82) is 0 Å².